The summed E-state index contributed by atoms with van der Waals surface area (Å²) in [5.74, 6) is -0.490. The second-order valence-corrected chi connectivity index (χ2v) is 11.0. The number of alkyl halides is 3. The molecule has 0 radical (unpaired) electrons. The molecule has 1 amide bonds. The van der Waals surface area contributed by atoms with E-state index in [1.807, 2.05) is 25.1 Å². The molecule has 0 bridgehead atoms. The average Bonchev–Trinajstić information content (AvgIpc) is 3.14. The number of carbonyl (C=O) groups is 1. The van der Waals surface area contributed by atoms with Crippen molar-refractivity contribution in [3.05, 3.63) is 64.3 Å². The Kier molecular flexibility index (Phi) is 9.04. The second-order valence-electron chi connectivity index (χ2n) is 11.0. The molecule has 1 fully saturated rings. The first-order valence-corrected chi connectivity index (χ1v) is 14.0. The number of carbonyl (C=O) groups excluding carboxylic acids is 1. The van der Waals surface area contributed by atoms with Crippen molar-refractivity contribution in [1.29, 1.82) is 0 Å². The highest BCUT2D eigenvalue weighted by molar-refractivity contribution is 5.97. The molecule has 43 heavy (non-hydrogen) atoms. The van der Waals surface area contributed by atoms with Gasteiger partial charge in [0, 0.05) is 36.5 Å². The van der Waals surface area contributed by atoms with Crippen molar-refractivity contribution in [3.63, 3.8) is 0 Å². The molecule has 2 aliphatic heterocycles. The lowest BCUT2D eigenvalue weighted by Crippen LogP contribution is -2.46. The summed E-state index contributed by atoms with van der Waals surface area (Å²) >= 11 is 0. The number of ether oxygens (including phenoxy) is 3. The Morgan fingerprint density at radius 1 is 1.16 bits per heavy atom. The maximum absolute atomic E-state index is 14.0. The van der Waals surface area contributed by atoms with Crippen LogP contribution in [0.2, 0.25) is 0 Å². The van der Waals surface area contributed by atoms with Gasteiger partial charge in [-0.25, -0.2) is 4.98 Å². The molecular weight excluding hydrogens is 565 g/mol. The molecule has 13 heteroatoms. The molecule has 5 rings (SSSR count). The molecule has 0 aliphatic carbocycles. The van der Waals surface area contributed by atoms with Crippen molar-refractivity contribution in [2.75, 3.05) is 46.3 Å². The molecule has 0 unspecified atom stereocenters. The first-order valence-electron chi connectivity index (χ1n) is 14.0. The minimum absolute atomic E-state index is 0.0421. The first-order chi connectivity index (χ1) is 20.5. The number of halogens is 3. The number of likely N-dealkylation sites (tertiary alicyclic amines) is 1. The zero-order valence-electron chi connectivity index (χ0n) is 24.5. The summed E-state index contributed by atoms with van der Waals surface area (Å²) in [6, 6.07) is 8.51. The van der Waals surface area contributed by atoms with Crippen LogP contribution >= 0.6 is 0 Å². The maximum Gasteiger partial charge on any atom is 0.423 e. The summed E-state index contributed by atoms with van der Waals surface area (Å²) in [7, 11) is 5.35. The van der Waals surface area contributed by atoms with E-state index in [-0.39, 0.29) is 30.3 Å². The van der Waals surface area contributed by atoms with E-state index in [4.69, 9.17) is 14.2 Å². The van der Waals surface area contributed by atoms with E-state index in [1.165, 1.54) is 7.11 Å². The Morgan fingerprint density at radius 3 is 2.72 bits per heavy atom. The Hall–Kier alpha value is -3.94. The van der Waals surface area contributed by atoms with Gasteiger partial charge in [-0.2, -0.15) is 18.2 Å². The number of rotatable bonds is 7. The molecule has 2 N–H and O–H groups in total. The van der Waals surface area contributed by atoms with Crippen LogP contribution in [0, 0.1) is 6.92 Å². The first kappa shape index (κ1) is 30.5. The lowest BCUT2D eigenvalue weighted by Gasteiger charge is -2.30. The Morgan fingerprint density at radius 2 is 1.98 bits per heavy atom. The van der Waals surface area contributed by atoms with Crippen LogP contribution < -0.4 is 20.1 Å². The number of piperidine rings is 1. The van der Waals surface area contributed by atoms with Gasteiger partial charge in [0.05, 0.1) is 26.1 Å². The lowest BCUT2D eigenvalue weighted by molar-refractivity contribution is -0.139. The van der Waals surface area contributed by atoms with E-state index < -0.39 is 17.6 Å². The van der Waals surface area contributed by atoms with E-state index in [1.54, 1.807) is 31.2 Å². The molecule has 10 nitrogen and oxygen atoms in total. The van der Waals surface area contributed by atoms with Gasteiger partial charge in [-0.1, -0.05) is 12.1 Å². The molecule has 0 saturated carbocycles. The minimum atomic E-state index is -4.76. The molecule has 0 spiro atoms. The van der Waals surface area contributed by atoms with Gasteiger partial charge in [0.2, 0.25) is 11.8 Å². The summed E-state index contributed by atoms with van der Waals surface area (Å²) in [6.45, 7) is 4.66. The minimum Gasteiger partial charge on any atom is -0.495 e. The smallest absolute Gasteiger partial charge is 0.423 e. The number of benzene rings is 2. The van der Waals surface area contributed by atoms with Crippen molar-refractivity contribution in [2.45, 2.75) is 45.1 Å². The summed E-state index contributed by atoms with van der Waals surface area (Å²) in [6.07, 6.45) is -2.17. The van der Waals surface area contributed by atoms with Gasteiger partial charge >= 0.3 is 6.18 Å². The summed E-state index contributed by atoms with van der Waals surface area (Å²) < 4.78 is 58.9. The monoisotopic (exact) mass is 600 g/mol. The fourth-order valence-electron chi connectivity index (χ4n) is 5.33. The Labute approximate surface area is 248 Å². The standard InChI is InChI=1S/C30H35F3N6O4/c1-18-11-24(26(41-4)12-21(18)27(40)35-20-8-6-10-38(2)15-20)36-29-34-13-23(30(31,32)33)28(37-29)43-25-9-5-7-19-14-39(3)17-42-16-22(19)25/h5,7,9,11-13,20H,6,8,10,14-17H2,1-4H3,(H,35,40)(H,34,36,37)/t20-/m1/s1. The number of hydrogen-bond acceptors (Lipinski definition) is 9. The van der Waals surface area contributed by atoms with Crippen LogP contribution in [0.4, 0.5) is 24.8 Å². The van der Waals surface area contributed by atoms with Crippen molar-refractivity contribution in [1.82, 2.24) is 25.1 Å². The third-order valence-corrected chi connectivity index (χ3v) is 7.49. The highest BCUT2D eigenvalue weighted by atomic mass is 19.4. The molecule has 1 atom stereocenters. The van der Waals surface area contributed by atoms with Gasteiger partial charge in [0.25, 0.3) is 5.91 Å². The van der Waals surface area contributed by atoms with Crippen LogP contribution in [0.1, 0.15) is 45.5 Å². The molecular formula is C30H35F3N6O4. The van der Waals surface area contributed by atoms with Gasteiger partial charge in [-0.05, 0) is 69.7 Å². The summed E-state index contributed by atoms with van der Waals surface area (Å²) in [5, 5.41) is 6.03. The van der Waals surface area contributed by atoms with E-state index in [2.05, 4.69) is 25.5 Å². The number of nitrogens with zero attached hydrogens (tertiary/aromatic N) is 4. The highest BCUT2D eigenvalue weighted by Crippen LogP contribution is 2.39. The highest BCUT2D eigenvalue weighted by Gasteiger charge is 2.37. The van der Waals surface area contributed by atoms with Gasteiger partial charge < -0.3 is 29.7 Å². The molecule has 3 aromatic rings. The van der Waals surface area contributed by atoms with Gasteiger partial charge in [0.15, 0.2) is 0 Å². The fourth-order valence-corrected chi connectivity index (χ4v) is 5.33. The Bertz CT molecular complexity index is 1480. The maximum atomic E-state index is 14.0. The SMILES string of the molecule is COc1cc(C(=O)N[C@@H]2CCCN(C)C2)c(C)cc1Nc1ncc(C(F)(F)F)c(Oc2cccc3c2COCN(C)C3)n1. The zero-order chi connectivity index (χ0) is 30.7. The van der Waals surface area contributed by atoms with E-state index in [0.29, 0.717) is 47.6 Å². The third kappa shape index (κ3) is 7.17. The fraction of sp³-hybridized carbons (Fsp3) is 0.433. The molecule has 2 aromatic carbocycles. The number of aromatic nitrogens is 2. The number of fused-ring (bicyclic) bond motifs is 1. The number of amides is 1. The van der Waals surface area contributed by atoms with Crippen LogP contribution in [-0.2, 0) is 24.1 Å². The third-order valence-electron chi connectivity index (χ3n) is 7.49. The van der Waals surface area contributed by atoms with Crippen molar-refractivity contribution in [2.24, 2.45) is 0 Å². The van der Waals surface area contributed by atoms with Gasteiger partial charge in [0.1, 0.15) is 17.1 Å². The van der Waals surface area contributed by atoms with Crippen molar-refractivity contribution < 1.29 is 32.2 Å². The molecule has 1 aromatic heterocycles. The number of methoxy groups -OCH3 is 1. The molecule has 2 aliphatic rings. The second kappa shape index (κ2) is 12.7. The quantitative estimate of drug-likeness (QED) is 0.384. The van der Waals surface area contributed by atoms with E-state index in [9.17, 15) is 18.0 Å². The predicted molar refractivity (Wildman–Crippen MR) is 154 cm³/mol. The van der Waals surface area contributed by atoms with Gasteiger partial charge in [-0.15, -0.1) is 0 Å². The van der Waals surface area contributed by atoms with Crippen LogP contribution in [0.15, 0.2) is 36.5 Å². The van der Waals surface area contributed by atoms with Crippen LogP contribution in [0.25, 0.3) is 0 Å². The van der Waals surface area contributed by atoms with Crippen LogP contribution in [0.3, 0.4) is 0 Å². The van der Waals surface area contributed by atoms with Crippen LogP contribution in [0.5, 0.6) is 17.4 Å². The number of nitrogens with one attached hydrogen (secondary N) is 2. The predicted octanol–water partition coefficient (Wildman–Crippen LogP) is 5.09. The van der Waals surface area contributed by atoms with Crippen LogP contribution in [-0.4, -0.2) is 72.7 Å². The zero-order valence-corrected chi connectivity index (χ0v) is 24.5. The lowest BCUT2D eigenvalue weighted by atomic mass is 10.0. The summed E-state index contributed by atoms with van der Waals surface area (Å²) in [5.41, 5.74) is 1.88. The van der Waals surface area contributed by atoms with E-state index >= 15 is 0 Å². The Balaban J connectivity index is 1.42. The number of hydrogen-bond donors (Lipinski definition) is 2. The average molecular weight is 601 g/mol. The molecule has 3 heterocycles. The van der Waals surface area contributed by atoms with Crippen molar-refractivity contribution in [3.8, 4) is 17.4 Å². The number of aryl methyl sites for hydroxylation is 1. The van der Waals surface area contributed by atoms with Crippen molar-refractivity contribution >= 4 is 17.5 Å². The summed E-state index contributed by atoms with van der Waals surface area (Å²) in [4.78, 5) is 25.2. The largest absolute Gasteiger partial charge is 0.495 e. The number of anilines is 2. The normalized spacial score (nSPS) is 18.0. The molecule has 230 valence electrons. The molecule has 1 saturated heterocycles. The number of likely N-dealkylation sites (N-methyl/N-ethyl adjacent to an activating group) is 1. The van der Waals surface area contributed by atoms with Gasteiger partial charge in [-0.3, -0.25) is 9.69 Å². The topological polar surface area (TPSA) is 101 Å². The van der Waals surface area contributed by atoms with E-state index in [0.717, 1.165) is 31.5 Å².